The lowest BCUT2D eigenvalue weighted by atomic mass is 9.83. The van der Waals surface area contributed by atoms with Crippen LogP contribution in [0.4, 0.5) is 0 Å². The molecule has 1 aliphatic rings. The van der Waals surface area contributed by atoms with E-state index in [1.54, 1.807) is 0 Å². The molecule has 1 unspecified atom stereocenters. The fourth-order valence-electron chi connectivity index (χ4n) is 2.92. The minimum atomic E-state index is 0.146. The molecule has 0 fully saturated rings. The van der Waals surface area contributed by atoms with Crippen LogP contribution in [0.25, 0.3) is 0 Å². The molecule has 2 N–H and O–H groups in total. The molecule has 1 atom stereocenters. The van der Waals surface area contributed by atoms with Crippen molar-refractivity contribution in [3.63, 3.8) is 0 Å². The second-order valence-corrected chi connectivity index (χ2v) is 5.32. The molecule has 2 rings (SSSR count). The van der Waals surface area contributed by atoms with Crippen molar-refractivity contribution in [3.8, 4) is 0 Å². The Kier molecular flexibility index (Phi) is 4.97. The van der Waals surface area contributed by atoms with Crippen LogP contribution in [0.3, 0.4) is 0 Å². The summed E-state index contributed by atoms with van der Waals surface area (Å²) in [5.41, 5.74) is 8.36. The molecule has 1 aromatic rings. The topological polar surface area (TPSA) is 46.3 Å². The van der Waals surface area contributed by atoms with Crippen LogP contribution in [0.2, 0.25) is 0 Å². The Labute approximate surface area is 115 Å². The van der Waals surface area contributed by atoms with Crippen molar-refractivity contribution < 1.29 is 4.79 Å². The van der Waals surface area contributed by atoms with Gasteiger partial charge in [-0.25, -0.2) is 0 Å². The fraction of sp³-hybridized carbons (Fsp3) is 0.562. The third-order valence-corrected chi connectivity index (χ3v) is 3.90. The van der Waals surface area contributed by atoms with Crippen LogP contribution in [0.5, 0.6) is 0 Å². The van der Waals surface area contributed by atoms with Gasteiger partial charge in [0.2, 0.25) is 5.91 Å². The highest BCUT2D eigenvalue weighted by Crippen LogP contribution is 2.26. The summed E-state index contributed by atoms with van der Waals surface area (Å²) in [5, 5.41) is 0. The monoisotopic (exact) mass is 260 g/mol. The molecule has 1 amide bonds. The maximum Gasteiger partial charge on any atom is 0.226 e. The Morgan fingerprint density at radius 3 is 2.74 bits per heavy atom. The zero-order valence-corrected chi connectivity index (χ0v) is 11.8. The quantitative estimate of drug-likeness (QED) is 0.880. The fourth-order valence-corrected chi connectivity index (χ4v) is 2.92. The summed E-state index contributed by atoms with van der Waals surface area (Å²) < 4.78 is 0. The molecule has 0 bridgehead atoms. The molecule has 3 nitrogen and oxygen atoms in total. The number of carbonyl (C=O) groups excluding carboxylic acids is 1. The largest absolute Gasteiger partial charge is 0.341 e. The number of rotatable bonds is 5. The first-order valence-electron chi connectivity index (χ1n) is 7.32. The van der Waals surface area contributed by atoms with Crippen molar-refractivity contribution in [2.45, 2.75) is 32.6 Å². The number of aryl methyl sites for hydroxylation is 1. The van der Waals surface area contributed by atoms with Crippen LogP contribution < -0.4 is 5.73 Å². The molecule has 0 saturated heterocycles. The van der Waals surface area contributed by atoms with E-state index < -0.39 is 0 Å². The average Bonchev–Trinajstić information content (AvgIpc) is 2.46. The van der Waals surface area contributed by atoms with Gasteiger partial charge in [-0.3, -0.25) is 4.79 Å². The van der Waals surface area contributed by atoms with Crippen LogP contribution >= 0.6 is 0 Å². The minimum Gasteiger partial charge on any atom is -0.341 e. The van der Waals surface area contributed by atoms with Crippen molar-refractivity contribution in [3.05, 3.63) is 35.4 Å². The SMILES string of the molecule is CCCN(CCN)C(=O)C1CCc2ccccc2C1. The van der Waals surface area contributed by atoms with Gasteiger partial charge >= 0.3 is 0 Å². The van der Waals surface area contributed by atoms with E-state index in [2.05, 4.69) is 31.2 Å². The molecule has 3 heteroatoms. The van der Waals surface area contributed by atoms with E-state index in [4.69, 9.17) is 5.73 Å². The first-order chi connectivity index (χ1) is 9.26. The van der Waals surface area contributed by atoms with Crippen molar-refractivity contribution >= 4 is 5.91 Å². The number of hydrogen-bond acceptors (Lipinski definition) is 2. The van der Waals surface area contributed by atoms with Gasteiger partial charge < -0.3 is 10.6 Å². The van der Waals surface area contributed by atoms with Gasteiger partial charge in [-0.05, 0) is 36.8 Å². The number of benzene rings is 1. The third-order valence-electron chi connectivity index (χ3n) is 3.90. The predicted octanol–water partition coefficient (Wildman–Crippen LogP) is 1.99. The maximum atomic E-state index is 12.6. The highest BCUT2D eigenvalue weighted by Gasteiger charge is 2.27. The Balaban J connectivity index is 2.04. The van der Waals surface area contributed by atoms with Gasteiger partial charge in [0.15, 0.2) is 0 Å². The average molecular weight is 260 g/mol. The summed E-state index contributed by atoms with van der Waals surface area (Å²) >= 11 is 0. The summed E-state index contributed by atoms with van der Waals surface area (Å²) in [4.78, 5) is 14.5. The Hall–Kier alpha value is -1.35. The van der Waals surface area contributed by atoms with Crippen molar-refractivity contribution in [2.24, 2.45) is 11.7 Å². The van der Waals surface area contributed by atoms with Gasteiger partial charge in [0.05, 0.1) is 0 Å². The molecule has 1 aromatic carbocycles. The molecule has 0 aliphatic heterocycles. The van der Waals surface area contributed by atoms with Crippen molar-refractivity contribution in [2.75, 3.05) is 19.6 Å². The zero-order chi connectivity index (χ0) is 13.7. The Morgan fingerprint density at radius 2 is 2.05 bits per heavy atom. The standard InChI is InChI=1S/C16H24N2O/c1-2-10-18(11-9-17)16(19)15-8-7-13-5-3-4-6-14(13)12-15/h3-6,15H,2,7-12,17H2,1H3. The first-order valence-corrected chi connectivity index (χ1v) is 7.32. The van der Waals surface area contributed by atoms with E-state index in [1.807, 2.05) is 4.90 Å². The number of amides is 1. The molecule has 0 radical (unpaired) electrons. The number of fused-ring (bicyclic) bond motifs is 1. The molecular weight excluding hydrogens is 236 g/mol. The first kappa shape index (κ1) is 14.1. The van der Waals surface area contributed by atoms with Gasteiger partial charge in [-0.15, -0.1) is 0 Å². The summed E-state index contributed by atoms with van der Waals surface area (Å²) in [6, 6.07) is 8.48. The summed E-state index contributed by atoms with van der Waals surface area (Å²) in [5.74, 6) is 0.440. The van der Waals surface area contributed by atoms with Gasteiger partial charge in [0, 0.05) is 25.6 Å². The van der Waals surface area contributed by atoms with Crippen LogP contribution in [0.1, 0.15) is 30.9 Å². The molecule has 19 heavy (non-hydrogen) atoms. The van der Waals surface area contributed by atoms with Gasteiger partial charge in [0.25, 0.3) is 0 Å². The Morgan fingerprint density at radius 1 is 1.32 bits per heavy atom. The summed E-state index contributed by atoms with van der Waals surface area (Å²) in [7, 11) is 0. The molecule has 0 spiro atoms. The smallest absolute Gasteiger partial charge is 0.226 e. The lowest BCUT2D eigenvalue weighted by molar-refractivity contribution is -0.135. The normalized spacial score (nSPS) is 17.9. The number of nitrogens with zero attached hydrogens (tertiary/aromatic N) is 1. The molecule has 1 aliphatic carbocycles. The van der Waals surface area contributed by atoms with E-state index in [9.17, 15) is 4.79 Å². The van der Waals surface area contributed by atoms with Gasteiger partial charge in [0.1, 0.15) is 0 Å². The van der Waals surface area contributed by atoms with Crippen LogP contribution in [0, 0.1) is 5.92 Å². The van der Waals surface area contributed by atoms with E-state index >= 15 is 0 Å². The van der Waals surface area contributed by atoms with E-state index in [0.717, 1.165) is 32.2 Å². The molecule has 0 heterocycles. The molecular formula is C16H24N2O. The summed E-state index contributed by atoms with van der Waals surface area (Å²) in [6.45, 7) is 4.17. The van der Waals surface area contributed by atoms with Crippen LogP contribution in [-0.4, -0.2) is 30.4 Å². The molecule has 104 valence electrons. The summed E-state index contributed by atoms with van der Waals surface area (Å²) in [6.07, 6.45) is 3.88. The minimum absolute atomic E-state index is 0.146. The van der Waals surface area contributed by atoms with Crippen molar-refractivity contribution in [1.82, 2.24) is 4.90 Å². The highest BCUT2D eigenvalue weighted by molar-refractivity contribution is 5.79. The number of hydrogen-bond donors (Lipinski definition) is 1. The lowest BCUT2D eigenvalue weighted by Crippen LogP contribution is -2.41. The van der Waals surface area contributed by atoms with E-state index in [0.29, 0.717) is 19.0 Å². The third kappa shape index (κ3) is 3.35. The van der Waals surface area contributed by atoms with Gasteiger partial charge in [-0.1, -0.05) is 31.2 Å². The maximum absolute atomic E-state index is 12.6. The second-order valence-electron chi connectivity index (χ2n) is 5.32. The number of nitrogens with two attached hydrogens (primary N) is 1. The van der Waals surface area contributed by atoms with Gasteiger partial charge in [-0.2, -0.15) is 0 Å². The second kappa shape index (κ2) is 6.71. The van der Waals surface area contributed by atoms with E-state index in [-0.39, 0.29) is 5.92 Å². The lowest BCUT2D eigenvalue weighted by Gasteiger charge is -2.30. The van der Waals surface area contributed by atoms with Crippen molar-refractivity contribution in [1.29, 1.82) is 0 Å². The Bertz CT molecular complexity index is 425. The van der Waals surface area contributed by atoms with Crippen LogP contribution in [-0.2, 0) is 17.6 Å². The molecule has 0 saturated carbocycles. The zero-order valence-electron chi connectivity index (χ0n) is 11.8. The highest BCUT2D eigenvalue weighted by atomic mass is 16.2. The predicted molar refractivity (Wildman–Crippen MR) is 77.9 cm³/mol. The number of carbonyl (C=O) groups is 1. The molecule has 0 aromatic heterocycles. The van der Waals surface area contributed by atoms with Crippen LogP contribution in [0.15, 0.2) is 24.3 Å². The van der Waals surface area contributed by atoms with E-state index in [1.165, 1.54) is 11.1 Å².